The number of phenolic OH excluding ortho intramolecular Hbond substituents is 1. The summed E-state index contributed by atoms with van der Waals surface area (Å²) in [6.45, 7) is 1.80. The van der Waals surface area contributed by atoms with E-state index in [1.54, 1.807) is 30.3 Å². The van der Waals surface area contributed by atoms with Crippen LogP contribution in [-0.4, -0.2) is 23.3 Å². The number of ether oxygens (including phenoxy) is 1. The summed E-state index contributed by atoms with van der Waals surface area (Å²) in [4.78, 5) is 11.9. The number of hydrazone groups is 1. The molecule has 7 heteroatoms. The summed E-state index contributed by atoms with van der Waals surface area (Å²) in [6, 6.07) is 12.1. The number of amides is 1. The molecule has 0 spiro atoms. The van der Waals surface area contributed by atoms with Crippen molar-refractivity contribution in [2.75, 3.05) is 6.61 Å². The van der Waals surface area contributed by atoms with Gasteiger partial charge in [-0.25, -0.2) is 5.43 Å². The molecule has 0 saturated carbocycles. The van der Waals surface area contributed by atoms with Crippen molar-refractivity contribution in [3.05, 3.63) is 57.0 Å². The largest absolute Gasteiger partial charge is 0.508 e. The maximum Gasteiger partial charge on any atom is 0.277 e. The van der Waals surface area contributed by atoms with E-state index in [4.69, 9.17) is 4.74 Å². The lowest BCUT2D eigenvalue weighted by molar-refractivity contribution is -0.123. The van der Waals surface area contributed by atoms with E-state index in [0.717, 1.165) is 14.5 Å². The van der Waals surface area contributed by atoms with E-state index in [0.29, 0.717) is 17.9 Å². The molecule has 0 aliphatic heterocycles. The Labute approximate surface area is 157 Å². The number of aromatic hydroxyl groups is 1. The minimum atomic E-state index is -0.352. The van der Waals surface area contributed by atoms with Crippen molar-refractivity contribution < 1.29 is 14.6 Å². The predicted molar refractivity (Wildman–Crippen MR) is 100 cm³/mol. The summed E-state index contributed by atoms with van der Waals surface area (Å²) in [5.74, 6) is 0.410. The first-order valence-electron chi connectivity index (χ1n) is 7.22. The number of rotatable bonds is 6. The van der Waals surface area contributed by atoms with Crippen LogP contribution < -0.4 is 10.2 Å². The van der Waals surface area contributed by atoms with Gasteiger partial charge in [0.25, 0.3) is 5.91 Å². The minimum Gasteiger partial charge on any atom is -0.508 e. The molecule has 126 valence electrons. The molecule has 2 N–H and O–H groups in total. The lowest BCUT2D eigenvalue weighted by Crippen LogP contribution is -2.26. The Kier molecular flexibility index (Phi) is 6.81. The number of halogens is 2. The molecule has 0 radical (unpaired) electrons. The van der Waals surface area contributed by atoms with Crippen LogP contribution >= 0.6 is 31.9 Å². The van der Waals surface area contributed by atoms with Crippen molar-refractivity contribution in [3.8, 4) is 11.5 Å². The summed E-state index contributed by atoms with van der Waals surface area (Å²) in [7, 11) is 0. The zero-order chi connectivity index (χ0) is 17.5. The van der Waals surface area contributed by atoms with Gasteiger partial charge in [-0.05, 0) is 70.4 Å². The second-order valence-electron chi connectivity index (χ2n) is 4.86. The Morgan fingerprint density at radius 2 is 1.92 bits per heavy atom. The molecule has 0 aliphatic rings. The van der Waals surface area contributed by atoms with Gasteiger partial charge >= 0.3 is 0 Å². The van der Waals surface area contributed by atoms with Crippen LogP contribution in [0.15, 0.2) is 56.5 Å². The molecule has 2 aromatic rings. The van der Waals surface area contributed by atoms with E-state index in [-0.39, 0.29) is 18.3 Å². The van der Waals surface area contributed by atoms with Crippen LogP contribution in [0.4, 0.5) is 0 Å². The Bertz CT molecular complexity index is 746. The summed E-state index contributed by atoms with van der Waals surface area (Å²) in [6.07, 6.45) is 0.643. The first-order chi connectivity index (χ1) is 11.5. The van der Waals surface area contributed by atoms with E-state index in [1.807, 2.05) is 19.1 Å². The molecule has 0 unspecified atom stereocenters. The number of nitrogens with one attached hydrogen (secondary N) is 1. The zero-order valence-electron chi connectivity index (χ0n) is 12.9. The number of phenols is 1. The molecule has 1 amide bonds. The van der Waals surface area contributed by atoms with Gasteiger partial charge in [-0.3, -0.25) is 4.79 Å². The molecule has 24 heavy (non-hydrogen) atoms. The Hall–Kier alpha value is -1.86. The van der Waals surface area contributed by atoms with E-state index in [2.05, 4.69) is 42.4 Å². The van der Waals surface area contributed by atoms with Crippen LogP contribution in [0, 0.1) is 0 Å². The summed E-state index contributed by atoms with van der Waals surface area (Å²) < 4.78 is 7.13. The van der Waals surface area contributed by atoms with Gasteiger partial charge in [0, 0.05) is 4.47 Å². The highest BCUT2D eigenvalue weighted by atomic mass is 79.9. The lowest BCUT2D eigenvalue weighted by Gasteiger charge is -2.08. The number of nitrogens with zero attached hydrogens (tertiary/aromatic N) is 1. The van der Waals surface area contributed by atoms with Gasteiger partial charge in [-0.15, -0.1) is 0 Å². The number of hydrogen-bond acceptors (Lipinski definition) is 4. The fourth-order valence-corrected chi connectivity index (χ4v) is 3.06. The third-order valence-electron chi connectivity index (χ3n) is 3.10. The third kappa shape index (κ3) is 5.35. The minimum absolute atomic E-state index is 0.143. The molecule has 0 aromatic heterocycles. The van der Waals surface area contributed by atoms with Crippen LogP contribution in [0.1, 0.15) is 18.9 Å². The quantitative estimate of drug-likeness (QED) is 0.505. The Morgan fingerprint density at radius 3 is 2.54 bits per heavy atom. The van der Waals surface area contributed by atoms with Gasteiger partial charge in [0.1, 0.15) is 11.5 Å². The molecule has 2 aromatic carbocycles. The highest BCUT2D eigenvalue weighted by molar-refractivity contribution is 9.11. The van der Waals surface area contributed by atoms with E-state index in [9.17, 15) is 9.90 Å². The molecule has 0 fully saturated rings. The van der Waals surface area contributed by atoms with E-state index >= 15 is 0 Å². The first kappa shape index (κ1) is 18.5. The van der Waals surface area contributed by atoms with E-state index in [1.165, 1.54) is 0 Å². The zero-order valence-corrected chi connectivity index (χ0v) is 16.1. The normalized spacial score (nSPS) is 11.2. The second kappa shape index (κ2) is 8.84. The average Bonchev–Trinajstić information content (AvgIpc) is 2.56. The topological polar surface area (TPSA) is 70.9 Å². The van der Waals surface area contributed by atoms with Crippen LogP contribution in [0.2, 0.25) is 0 Å². The van der Waals surface area contributed by atoms with E-state index < -0.39 is 0 Å². The Morgan fingerprint density at radius 1 is 1.21 bits per heavy atom. The monoisotopic (exact) mass is 454 g/mol. The lowest BCUT2D eigenvalue weighted by atomic mass is 10.1. The van der Waals surface area contributed by atoms with Crippen LogP contribution in [0.25, 0.3) is 0 Å². The number of carbonyl (C=O) groups is 1. The maximum absolute atomic E-state index is 11.9. The fourth-order valence-electron chi connectivity index (χ4n) is 1.90. The predicted octanol–water partition coefficient (Wildman–Crippen LogP) is 4.23. The standard InChI is InChI=1S/C17H16Br2N2O3/c1-2-15(11-3-6-13(22)7-4-11)20-21-17(23)10-24-16-8-5-12(18)9-14(16)19/h3-9,22H,2,10H2,1H3,(H,21,23). The summed E-state index contributed by atoms with van der Waals surface area (Å²) in [5.41, 5.74) is 4.04. The number of hydrogen-bond donors (Lipinski definition) is 2. The molecular weight excluding hydrogens is 440 g/mol. The molecule has 0 aliphatic carbocycles. The van der Waals surface area contributed by atoms with Crippen molar-refractivity contribution >= 4 is 43.5 Å². The molecule has 0 heterocycles. The number of benzene rings is 2. The molecule has 0 saturated heterocycles. The first-order valence-corrected chi connectivity index (χ1v) is 8.81. The molecular formula is C17H16Br2N2O3. The maximum atomic E-state index is 11.9. The van der Waals surface area contributed by atoms with Crippen molar-refractivity contribution in [1.82, 2.24) is 5.43 Å². The fraction of sp³-hybridized carbons (Fsp3) is 0.176. The highest BCUT2D eigenvalue weighted by Gasteiger charge is 2.07. The average molecular weight is 456 g/mol. The second-order valence-corrected chi connectivity index (χ2v) is 6.63. The highest BCUT2D eigenvalue weighted by Crippen LogP contribution is 2.28. The number of carbonyl (C=O) groups excluding carboxylic acids is 1. The third-order valence-corrected chi connectivity index (χ3v) is 4.22. The van der Waals surface area contributed by atoms with Crippen molar-refractivity contribution in [2.45, 2.75) is 13.3 Å². The van der Waals surface area contributed by atoms with Crippen LogP contribution in [0.5, 0.6) is 11.5 Å². The Balaban J connectivity index is 1.94. The van der Waals surface area contributed by atoms with Crippen molar-refractivity contribution in [2.24, 2.45) is 5.10 Å². The van der Waals surface area contributed by atoms with Gasteiger partial charge in [0.15, 0.2) is 6.61 Å². The molecule has 0 bridgehead atoms. The van der Waals surface area contributed by atoms with Gasteiger partial charge in [0.2, 0.25) is 0 Å². The van der Waals surface area contributed by atoms with Crippen LogP contribution in [-0.2, 0) is 4.79 Å². The van der Waals surface area contributed by atoms with Gasteiger partial charge in [-0.2, -0.15) is 5.10 Å². The van der Waals surface area contributed by atoms with Gasteiger partial charge in [0.05, 0.1) is 10.2 Å². The van der Waals surface area contributed by atoms with Gasteiger partial charge in [-0.1, -0.05) is 22.9 Å². The van der Waals surface area contributed by atoms with Crippen molar-refractivity contribution in [3.63, 3.8) is 0 Å². The smallest absolute Gasteiger partial charge is 0.277 e. The SMILES string of the molecule is CCC(=NNC(=O)COc1ccc(Br)cc1Br)c1ccc(O)cc1. The van der Waals surface area contributed by atoms with Gasteiger partial charge < -0.3 is 9.84 Å². The molecule has 0 atom stereocenters. The summed E-state index contributed by atoms with van der Waals surface area (Å²) >= 11 is 6.73. The van der Waals surface area contributed by atoms with Crippen molar-refractivity contribution in [1.29, 1.82) is 0 Å². The molecule has 2 rings (SSSR count). The summed E-state index contributed by atoms with van der Waals surface area (Å²) in [5, 5.41) is 13.4. The molecule has 5 nitrogen and oxygen atoms in total. The van der Waals surface area contributed by atoms with Crippen LogP contribution in [0.3, 0.4) is 0 Å².